The fourth-order valence-electron chi connectivity index (χ4n) is 2.20. The molecule has 0 saturated heterocycles. The van der Waals surface area contributed by atoms with Crippen molar-refractivity contribution in [1.82, 2.24) is 19.9 Å². The summed E-state index contributed by atoms with van der Waals surface area (Å²) < 4.78 is 0. The van der Waals surface area contributed by atoms with Crippen molar-refractivity contribution < 1.29 is 78.2 Å². The van der Waals surface area contributed by atoms with Crippen molar-refractivity contribution >= 4 is 23.9 Å². The number of carboxylic acids is 4. The molecule has 0 bridgehead atoms. The molecule has 0 amide bonds. The zero-order valence-electron chi connectivity index (χ0n) is 19.9. The van der Waals surface area contributed by atoms with Gasteiger partial charge < -0.3 is 35.4 Å². The van der Waals surface area contributed by atoms with Gasteiger partial charge in [0.15, 0.2) is 16.3 Å². The predicted molar refractivity (Wildman–Crippen MR) is 133 cm³/mol. The summed E-state index contributed by atoms with van der Waals surface area (Å²) in [6.07, 6.45) is 5.34. The van der Waals surface area contributed by atoms with Crippen LogP contribution in [0.15, 0.2) is 93.8 Å². The van der Waals surface area contributed by atoms with Gasteiger partial charge in [0.2, 0.25) is 0 Å². The summed E-state index contributed by atoms with van der Waals surface area (Å²) in [5.74, 6) is -4.37. The average molecular weight is 699 g/mol. The SMILES string of the molecule is O=C(O)c1cc(=O)cc[nH]1.O=C(O)c1cc(=O)cc[nH]1.O=C(O)c1cc(=O)cc[nH]1.O=C(O)c1ccccn1.[Tb+3]. The molecule has 0 aromatic carbocycles. The van der Waals surface area contributed by atoms with E-state index in [9.17, 15) is 33.6 Å². The van der Waals surface area contributed by atoms with Crippen LogP contribution in [0.4, 0.5) is 0 Å². The Balaban J connectivity index is 0.000000503. The molecule has 0 aliphatic rings. The van der Waals surface area contributed by atoms with Gasteiger partial charge in [0.05, 0.1) is 0 Å². The molecule has 0 radical (unpaired) electrons. The summed E-state index contributed by atoms with van der Waals surface area (Å²) in [5, 5.41) is 33.3. The van der Waals surface area contributed by atoms with Crippen molar-refractivity contribution in [3.63, 3.8) is 0 Å². The van der Waals surface area contributed by atoms with Gasteiger partial charge in [-0.05, 0) is 12.1 Å². The molecule has 0 aliphatic heterocycles. The Morgan fingerprint density at radius 2 is 0.900 bits per heavy atom. The molecular weight excluding hydrogens is 679 g/mol. The van der Waals surface area contributed by atoms with E-state index in [4.69, 9.17) is 20.4 Å². The minimum atomic E-state index is -1.13. The molecule has 0 atom stereocenters. The Morgan fingerprint density at radius 3 is 1.07 bits per heavy atom. The van der Waals surface area contributed by atoms with Crippen LogP contribution in [0, 0.1) is 38.6 Å². The van der Waals surface area contributed by atoms with E-state index >= 15 is 0 Å². The molecule has 4 rings (SSSR count). The number of aromatic amines is 3. The van der Waals surface area contributed by atoms with E-state index in [2.05, 4.69) is 19.9 Å². The summed E-state index contributed by atoms with van der Waals surface area (Å²) in [6, 6.07) is 11.6. The molecule has 4 aromatic heterocycles. The smallest absolute Gasteiger partial charge is 0.477 e. The van der Waals surface area contributed by atoms with Gasteiger partial charge in [-0.25, -0.2) is 24.2 Å². The summed E-state index contributed by atoms with van der Waals surface area (Å²) >= 11 is 0. The second kappa shape index (κ2) is 18.4. The molecule has 16 heteroatoms. The summed E-state index contributed by atoms with van der Waals surface area (Å²) in [5.41, 5.74) is -1.12. The number of nitrogens with zero attached hydrogens (tertiary/aromatic N) is 1. The van der Waals surface area contributed by atoms with Gasteiger partial charge in [0.25, 0.3) is 0 Å². The van der Waals surface area contributed by atoms with Crippen LogP contribution in [-0.4, -0.2) is 64.2 Å². The number of rotatable bonds is 4. The van der Waals surface area contributed by atoms with E-state index in [1.54, 1.807) is 12.1 Å². The van der Waals surface area contributed by atoms with Gasteiger partial charge in [0, 0.05) is 61.2 Å². The molecule has 7 N–H and O–H groups in total. The summed E-state index contributed by atoms with van der Waals surface area (Å²) in [4.78, 5) is 83.0. The van der Waals surface area contributed by atoms with Gasteiger partial charge in [-0.15, -0.1) is 0 Å². The summed E-state index contributed by atoms with van der Waals surface area (Å²) in [6.45, 7) is 0. The van der Waals surface area contributed by atoms with Crippen LogP contribution in [0.25, 0.3) is 0 Å². The van der Waals surface area contributed by atoms with E-state index in [0.717, 1.165) is 18.2 Å². The number of nitrogens with one attached hydrogen (secondary N) is 3. The van der Waals surface area contributed by atoms with Crippen molar-refractivity contribution in [2.75, 3.05) is 0 Å². The zero-order chi connectivity index (χ0) is 29.4. The van der Waals surface area contributed by atoms with Crippen LogP contribution < -0.4 is 16.3 Å². The number of carbonyl (C=O) groups is 4. The number of H-pyrrole nitrogens is 3. The topological polar surface area (TPSA) is 261 Å². The van der Waals surface area contributed by atoms with Gasteiger partial charge in [0.1, 0.15) is 22.8 Å². The van der Waals surface area contributed by atoms with Crippen LogP contribution in [-0.2, 0) is 0 Å². The monoisotopic (exact) mass is 699 g/mol. The molecule has 0 unspecified atom stereocenters. The van der Waals surface area contributed by atoms with Crippen LogP contribution in [0.5, 0.6) is 0 Å². The number of carboxylic acid groups (broad SMARTS) is 4. The van der Waals surface area contributed by atoms with E-state index in [-0.39, 0.29) is 77.7 Å². The Bertz CT molecular complexity index is 1450. The number of hydrogen-bond donors (Lipinski definition) is 7. The first-order valence-corrected chi connectivity index (χ1v) is 10.3. The quantitative estimate of drug-likeness (QED) is 0.157. The largest absolute Gasteiger partial charge is 3.00 e. The van der Waals surface area contributed by atoms with Gasteiger partial charge in [-0.1, -0.05) is 6.07 Å². The maximum absolute atomic E-state index is 10.5. The maximum Gasteiger partial charge on any atom is 3.00 e. The molecule has 4 heterocycles. The third kappa shape index (κ3) is 14.2. The fraction of sp³-hybridized carbons (Fsp3) is 0. The maximum atomic E-state index is 10.5. The van der Waals surface area contributed by atoms with Gasteiger partial charge in [-0.2, -0.15) is 0 Å². The first kappa shape index (κ1) is 35.2. The third-order valence-electron chi connectivity index (χ3n) is 3.89. The first-order chi connectivity index (χ1) is 18.4. The number of hydrogen-bond acceptors (Lipinski definition) is 8. The average Bonchev–Trinajstić information content (AvgIpc) is 2.90. The van der Waals surface area contributed by atoms with Crippen molar-refractivity contribution in [2.45, 2.75) is 0 Å². The standard InChI is InChI=1S/3C6H5NO3.C6H5NO2.Tb/c3*8-4-1-2-7-5(3-4)6(9)10;8-6(9)5-3-1-2-4-7-5;/h3*1-3H,(H,7,8)(H,9,10);1-4H,(H,8,9);/q;;;;+3. The molecule has 40 heavy (non-hydrogen) atoms. The van der Waals surface area contributed by atoms with Gasteiger partial charge in [-0.3, -0.25) is 14.4 Å². The molecule has 15 nitrogen and oxygen atoms in total. The number of aromatic nitrogens is 4. The van der Waals surface area contributed by atoms with E-state index in [1.165, 1.54) is 49.1 Å². The minimum absolute atomic E-state index is 0. The summed E-state index contributed by atoms with van der Waals surface area (Å²) in [7, 11) is 0. The second-order valence-corrected chi connectivity index (χ2v) is 6.75. The number of aromatic carboxylic acids is 4. The van der Waals surface area contributed by atoms with Crippen LogP contribution in [0.3, 0.4) is 0 Å². The predicted octanol–water partition coefficient (Wildman–Crippen LogP) is 0.999. The molecule has 0 spiro atoms. The van der Waals surface area contributed by atoms with Crippen molar-refractivity contribution in [3.8, 4) is 0 Å². The third-order valence-corrected chi connectivity index (χ3v) is 3.89. The van der Waals surface area contributed by atoms with Crippen LogP contribution in [0.2, 0.25) is 0 Å². The second-order valence-electron chi connectivity index (χ2n) is 6.75. The van der Waals surface area contributed by atoms with Gasteiger partial charge >= 0.3 is 62.5 Å². The van der Waals surface area contributed by atoms with E-state index in [0.29, 0.717) is 0 Å². The van der Waals surface area contributed by atoms with Crippen molar-refractivity contribution in [2.24, 2.45) is 0 Å². The van der Waals surface area contributed by atoms with Crippen molar-refractivity contribution in [1.29, 1.82) is 0 Å². The Kier molecular flexibility index (Phi) is 16.2. The molecule has 4 aromatic rings. The van der Waals surface area contributed by atoms with Crippen molar-refractivity contribution in [3.05, 3.63) is 133 Å². The molecule has 0 aliphatic carbocycles. The molecule has 0 saturated carbocycles. The minimum Gasteiger partial charge on any atom is -0.477 e. The Hall–Kier alpha value is -4.83. The molecular formula is C24H20N4O11Tb+3. The first-order valence-electron chi connectivity index (χ1n) is 10.3. The normalized spacial score (nSPS) is 8.90. The van der Waals surface area contributed by atoms with Crippen LogP contribution >= 0.6 is 0 Å². The molecule has 208 valence electrons. The zero-order valence-corrected chi connectivity index (χ0v) is 22.1. The Morgan fingerprint density at radius 1 is 0.550 bits per heavy atom. The number of pyridine rings is 4. The molecule has 0 fully saturated rings. The van der Waals surface area contributed by atoms with E-state index in [1.807, 2.05) is 0 Å². The fourth-order valence-corrected chi connectivity index (χ4v) is 2.20. The van der Waals surface area contributed by atoms with E-state index < -0.39 is 23.9 Å². The Labute approximate surface area is 253 Å². The van der Waals surface area contributed by atoms with Crippen LogP contribution in [0.1, 0.15) is 42.0 Å².